The molecule has 182 valence electrons. The highest BCUT2D eigenvalue weighted by molar-refractivity contribution is 6.08. The van der Waals surface area contributed by atoms with Crippen LogP contribution in [-0.4, -0.2) is 29.5 Å². The molecular formula is C26H24F3N3O3. The Morgan fingerprint density at radius 1 is 1.09 bits per heavy atom. The van der Waals surface area contributed by atoms with Gasteiger partial charge in [0.05, 0.1) is 29.4 Å². The Morgan fingerprint density at radius 3 is 2.49 bits per heavy atom. The summed E-state index contributed by atoms with van der Waals surface area (Å²) in [6.45, 7) is 3.17. The first-order valence-corrected chi connectivity index (χ1v) is 11.1. The number of carbonyl (C=O) groups excluding carboxylic acids is 2. The lowest BCUT2D eigenvalue weighted by atomic mass is 9.91. The number of halogens is 3. The van der Waals surface area contributed by atoms with Crippen molar-refractivity contribution in [1.29, 1.82) is 0 Å². The van der Waals surface area contributed by atoms with Gasteiger partial charge in [-0.15, -0.1) is 0 Å². The number of anilines is 2. The van der Waals surface area contributed by atoms with Gasteiger partial charge in [0.25, 0.3) is 0 Å². The Labute approximate surface area is 200 Å². The quantitative estimate of drug-likeness (QED) is 0.390. The molecule has 0 spiro atoms. The molecule has 0 radical (unpaired) electrons. The van der Waals surface area contributed by atoms with Crippen molar-refractivity contribution >= 4 is 23.2 Å². The van der Waals surface area contributed by atoms with E-state index in [-0.39, 0.29) is 23.9 Å². The van der Waals surface area contributed by atoms with Crippen molar-refractivity contribution in [3.8, 4) is 11.1 Å². The second kappa shape index (κ2) is 9.89. The van der Waals surface area contributed by atoms with Crippen LogP contribution in [0.15, 0.2) is 54.6 Å². The molecule has 35 heavy (non-hydrogen) atoms. The van der Waals surface area contributed by atoms with Gasteiger partial charge in [0.1, 0.15) is 0 Å². The predicted molar refractivity (Wildman–Crippen MR) is 126 cm³/mol. The van der Waals surface area contributed by atoms with E-state index in [4.69, 9.17) is 0 Å². The normalized spacial score (nSPS) is 16.4. The number of aliphatic hydroxyl groups is 1. The van der Waals surface area contributed by atoms with Crippen molar-refractivity contribution in [1.82, 2.24) is 5.32 Å². The molecule has 1 aliphatic rings. The molecule has 0 aromatic heterocycles. The van der Waals surface area contributed by atoms with Gasteiger partial charge in [0.15, 0.2) is 17.5 Å². The Hall–Kier alpha value is -3.69. The van der Waals surface area contributed by atoms with Crippen molar-refractivity contribution < 1.29 is 27.9 Å². The van der Waals surface area contributed by atoms with Crippen molar-refractivity contribution in [3.05, 3.63) is 83.2 Å². The van der Waals surface area contributed by atoms with E-state index in [0.717, 1.165) is 11.1 Å². The lowest BCUT2D eigenvalue weighted by Crippen LogP contribution is -2.40. The summed E-state index contributed by atoms with van der Waals surface area (Å²) in [4.78, 5) is 25.5. The molecule has 3 aromatic rings. The summed E-state index contributed by atoms with van der Waals surface area (Å²) >= 11 is 0. The van der Waals surface area contributed by atoms with Gasteiger partial charge >= 0.3 is 0 Å². The predicted octanol–water partition coefficient (Wildman–Crippen LogP) is 4.48. The van der Waals surface area contributed by atoms with E-state index < -0.39 is 35.5 Å². The third kappa shape index (κ3) is 4.91. The van der Waals surface area contributed by atoms with Crippen molar-refractivity contribution in [2.24, 2.45) is 0 Å². The van der Waals surface area contributed by atoms with Crippen molar-refractivity contribution in [2.75, 3.05) is 17.2 Å². The highest BCUT2D eigenvalue weighted by atomic mass is 19.2. The summed E-state index contributed by atoms with van der Waals surface area (Å²) in [7, 11) is 0. The van der Waals surface area contributed by atoms with Crippen molar-refractivity contribution in [2.45, 2.75) is 31.9 Å². The molecule has 4 rings (SSSR count). The fourth-order valence-electron chi connectivity index (χ4n) is 4.04. The van der Waals surface area contributed by atoms with Gasteiger partial charge in [-0.1, -0.05) is 30.3 Å². The molecule has 0 saturated carbocycles. The van der Waals surface area contributed by atoms with E-state index in [1.165, 1.54) is 0 Å². The maximum Gasteiger partial charge on any atom is 0.241 e. The summed E-state index contributed by atoms with van der Waals surface area (Å²) in [5.41, 5.74) is 3.24. The molecule has 0 fully saturated rings. The zero-order valence-electron chi connectivity index (χ0n) is 19.0. The van der Waals surface area contributed by atoms with Crippen LogP contribution >= 0.6 is 0 Å². The summed E-state index contributed by atoms with van der Waals surface area (Å²) < 4.78 is 40.1. The van der Waals surface area contributed by atoms with Crippen LogP contribution in [0.1, 0.15) is 37.0 Å². The van der Waals surface area contributed by atoms with E-state index in [1.807, 2.05) is 31.2 Å². The molecule has 6 nitrogen and oxygen atoms in total. The number of aliphatic hydroxyl groups excluding tert-OH is 1. The van der Waals surface area contributed by atoms with Gasteiger partial charge < -0.3 is 21.1 Å². The Kier molecular flexibility index (Phi) is 6.90. The summed E-state index contributed by atoms with van der Waals surface area (Å²) in [5, 5.41) is 18.8. The lowest BCUT2D eigenvalue weighted by Gasteiger charge is -2.20. The Bertz CT molecular complexity index is 1270. The minimum absolute atomic E-state index is 0.155. The highest BCUT2D eigenvalue weighted by Crippen LogP contribution is 2.42. The molecule has 0 bridgehead atoms. The molecule has 2 amide bonds. The number of hydrogen-bond acceptors (Lipinski definition) is 4. The fraction of sp³-hybridized carbons (Fsp3) is 0.231. The number of hydrogen-bond donors (Lipinski definition) is 4. The largest absolute Gasteiger partial charge is 0.387 e. The van der Waals surface area contributed by atoms with Crippen LogP contribution in [-0.2, 0) is 9.59 Å². The lowest BCUT2D eigenvalue weighted by molar-refractivity contribution is -0.118. The Morgan fingerprint density at radius 2 is 1.77 bits per heavy atom. The number of fused-ring (bicyclic) bond motifs is 3. The van der Waals surface area contributed by atoms with Gasteiger partial charge in [0.2, 0.25) is 11.8 Å². The van der Waals surface area contributed by atoms with Gasteiger partial charge in [-0.2, -0.15) is 0 Å². The summed E-state index contributed by atoms with van der Waals surface area (Å²) in [5.74, 6) is -5.39. The molecular weight excluding hydrogens is 459 g/mol. The van der Waals surface area contributed by atoms with E-state index in [1.54, 1.807) is 25.1 Å². The zero-order valence-corrected chi connectivity index (χ0v) is 19.0. The second-order valence-corrected chi connectivity index (χ2v) is 8.46. The second-order valence-electron chi connectivity index (χ2n) is 8.46. The average molecular weight is 483 g/mol. The van der Waals surface area contributed by atoms with Crippen LogP contribution in [0.2, 0.25) is 0 Å². The SMILES string of the molecule is CC1C(=O)Nc2cccc(NC(=O)[C@H](C)NC[C@@H](O)c3cc(F)c(F)c(F)c3)c2-c2ccccc21. The van der Waals surface area contributed by atoms with Gasteiger partial charge in [-0.05, 0) is 54.8 Å². The maximum absolute atomic E-state index is 13.5. The van der Waals surface area contributed by atoms with Crippen LogP contribution in [0.5, 0.6) is 0 Å². The van der Waals surface area contributed by atoms with Crippen LogP contribution in [0.4, 0.5) is 24.5 Å². The minimum Gasteiger partial charge on any atom is -0.387 e. The number of amides is 2. The first-order valence-electron chi connectivity index (χ1n) is 11.1. The topological polar surface area (TPSA) is 90.5 Å². The highest BCUT2D eigenvalue weighted by Gasteiger charge is 2.27. The van der Waals surface area contributed by atoms with E-state index in [2.05, 4.69) is 16.0 Å². The van der Waals surface area contributed by atoms with E-state index >= 15 is 0 Å². The molecule has 1 aliphatic heterocycles. The summed E-state index contributed by atoms with van der Waals surface area (Å²) in [6.07, 6.45) is -1.37. The van der Waals surface area contributed by atoms with Gasteiger partial charge in [-0.25, -0.2) is 13.2 Å². The first kappa shape index (κ1) is 24.4. The van der Waals surface area contributed by atoms with Crippen LogP contribution in [0, 0.1) is 17.5 Å². The number of nitrogens with one attached hydrogen (secondary N) is 3. The van der Waals surface area contributed by atoms with Crippen LogP contribution in [0.3, 0.4) is 0 Å². The molecule has 9 heteroatoms. The monoisotopic (exact) mass is 483 g/mol. The third-order valence-corrected chi connectivity index (χ3v) is 6.07. The van der Waals surface area contributed by atoms with Crippen molar-refractivity contribution in [3.63, 3.8) is 0 Å². The van der Waals surface area contributed by atoms with Gasteiger partial charge in [0, 0.05) is 12.1 Å². The van der Waals surface area contributed by atoms with E-state index in [9.17, 15) is 27.9 Å². The van der Waals surface area contributed by atoms with E-state index in [0.29, 0.717) is 29.1 Å². The smallest absolute Gasteiger partial charge is 0.241 e. The third-order valence-electron chi connectivity index (χ3n) is 6.07. The molecule has 0 aliphatic carbocycles. The average Bonchev–Trinajstić information content (AvgIpc) is 2.95. The first-order chi connectivity index (χ1) is 16.7. The molecule has 4 N–H and O–H groups in total. The fourth-order valence-corrected chi connectivity index (χ4v) is 4.04. The summed E-state index contributed by atoms with van der Waals surface area (Å²) in [6, 6.07) is 13.3. The molecule has 0 saturated heterocycles. The molecule has 1 unspecified atom stereocenters. The van der Waals surface area contributed by atoms with Gasteiger partial charge in [-0.3, -0.25) is 9.59 Å². The van der Waals surface area contributed by atoms with Crippen LogP contribution < -0.4 is 16.0 Å². The van der Waals surface area contributed by atoms with Crippen LogP contribution in [0.25, 0.3) is 11.1 Å². The molecule has 3 atom stereocenters. The minimum atomic E-state index is -1.61. The number of benzene rings is 3. The number of rotatable bonds is 6. The molecule has 3 aromatic carbocycles. The standard InChI is InChI=1S/C26H24F3N3O3/c1-13-16-6-3-4-7-17(16)23-20(31-25(13)34)8-5-9-21(23)32-26(35)14(2)30-12-22(33)15-10-18(27)24(29)19(28)11-15/h3-11,13-14,22,30,33H,12H2,1-2H3,(H,31,34)(H,32,35)/t13?,14-,22+/m0/s1. The molecule has 1 heterocycles. The number of carbonyl (C=O) groups is 2. The zero-order chi connectivity index (χ0) is 25.3. The Balaban J connectivity index is 1.51. The maximum atomic E-state index is 13.5.